The van der Waals surface area contributed by atoms with E-state index in [9.17, 15) is 4.79 Å². The van der Waals surface area contributed by atoms with Crippen LogP contribution in [0.4, 0.5) is 5.69 Å². The summed E-state index contributed by atoms with van der Waals surface area (Å²) in [6.07, 6.45) is 0. The first kappa shape index (κ1) is 12.5. The molecule has 2 aromatic rings. The second kappa shape index (κ2) is 5.60. The number of anilines is 1. The van der Waals surface area contributed by atoms with Crippen LogP contribution in [0.5, 0.6) is 0 Å². The summed E-state index contributed by atoms with van der Waals surface area (Å²) in [4.78, 5) is 12.3. The molecule has 0 aliphatic rings. The average Bonchev–Trinajstić information content (AvgIpc) is 2.37. The molecule has 0 aliphatic carbocycles. The lowest BCUT2D eigenvalue weighted by atomic mass is 10.1. The minimum Gasteiger partial charge on any atom is -0.478 e. The number of carboxylic acid groups (broad SMARTS) is 1. The van der Waals surface area contributed by atoms with Gasteiger partial charge in [-0.15, -0.1) is 11.8 Å². The Balaban J connectivity index is 2.20. The second-order valence-electron chi connectivity index (χ2n) is 3.79. The highest BCUT2D eigenvalue weighted by Crippen LogP contribution is 2.26. The van der Waals surface area contributed by atoms with Crippen LogP contribution >= 0.6 is 11.8 Å². The fourth-order valence-corrected chi connectivity index (χ4v) is 2.59. The highest BCUT2D eigenvalue weighted by atomic mass is 32.2. The molecule has 0 heterocycles. The molecule has 0 saturated heterocycles. The van der Waals surface area contributed by atoms with Gasteiger partial charge in [-0.3, -0.25) is 0 Å². The zero-order chi connectivity index (χ0) is 13.0. The molecule has 0 amide bonds. The second-order valence-corrected chi connectivity index (χ2v) is 4.84. The zero-order valence-electron chi connectivity index (χ0n) is 9.67. The molecule has 4 heteroatoms. The number of carbonyl (C=O) groups is 1. The van der Waals surface area contributed by atoms with E-state index in [2.05, 4.69) is 0 Å². The summed E-state index contributed by atoms with van der Waals surface area (Å²) in [6.45, 7) is 0. The van der Waals surface area contributed by atoms with Crippen molar-refractivity contribution in [3.8, 4) is 0 Å². The van der Waals surface area contributed by atoms with Crippen LogP contribution in [-0.4, -0.2) is 11.1 Å². The first-order valence-electron chi connectivity index (χ1n) is 5.47. The van der Waals surface area contributed by atoms with Crippen molar-refractivity contribution in [3.63, 3.8) is 0 Å². The summed E-state index contributed by atoms with van der Waals surface area (Å²) >= 11 is 1.59. The molecule has 0 saturated carbocycles. The van der Waals surface area contributed by atoms with E-state index in [4.69, 9.17) is 10.8 Å². The maximum Gasteiger partial charge on any atom is 0.338 e. The standard InChI is InChI=1S/C14H13NO2S/c15-12-8-4-5-10(13(12)14(16)17)9-18-11-6-2-1-3-7-11/h1-8H,9,15H2,(H,16,17). The number of nitrogens with two attached hydrogens (primary N) is 1. The number of hydrogen-bond acceptors (Lipinski definition) is 3. The topological polar surface area (TPSA) is 63.3 Å². The van der Waals surface area contributed by atoms with Gasteiger partial charge in [0.05, 0.1) is 5.56 Å². The number of aromatic carboxylic acids is 1. The first-order valence-corrected chi connectivity index (χ1v) is 6.45. The van der Waals surface area contributed by atoms with Gasteiger partial charge in [-0.1, -0.05) is 30.3 Å². The van der Waals surface area contributed by atoms with Crippen LogP contribution < -0.4 is 5.73 Å². The third-order valence-corrected chi connectivity index (χ3v) is 3.60. The smallest absolute Gasteiger partial charge is 0.338 e. The fourth-order valence-electron chi connectivity index (χ4n) is 1.68. The molecule has 18 heavy (non-hydrogen) atoms. The average molecular weight is 259 g/mol. The number of rotatable bonds is 4. The number of carboxylic acids is 1. The summed E-state index contributed by atoms with van der Waals surface area (Å²) in [7, 11) is 0. The zero-order valence-corrected chi connectivity index (χ0v) is 10.5. The summed E-state index contributed by atoms with van der Waals surface area (Å²) < 4.78 is 0. The number of thioether (sulfide) groups is 1. The number of hydrogen-bond donors (Lipinski definition) is 2. The Morgan fingerprint density at radius 1 is 1.11 bits per heavy atom. The monoisotopic (exact) mass is 259 g/mol. The molecule has 92 valence electrons. The molecule has 3 nitrogen and oxygen atoms in total. The highest BCUT2D eigenvalue weighted by molar-refractivity contribution is 7.98. The maximum atomic E-state index is 11.2. The lowest BCUT2D eigenvalue weighted by molar-refractivity contribution is 0.0697. The summed E-state index contributed by atoms with van der Waals surface area (Å²) in [5.41, 5.74) is 6.97. The molecule has 0 unspecified atom stereocenters. The largest absolute Gasteiger partial charge is 0.478 e. The van der Waals surface area contributed by atoms with E-state index >= 15 is 0 Å². The molecule has 0 spiro atoms. The third kappa shape index (κ3) is 2.84. The molecule has 3 N–H and O–H groups in total. The Kier molecular flexibility index (Phi) is 3.89. The van der Waals surface area contributed by atoms with Crippen LogP contribution in [0.25, 0.3) is 0 Å². The summed E-state index contributed by atoms with van der Waals surface area (Å²) in [5.74, 6) is -0.381. The van der Waals surface area contributed by atoms with Crippen molar-refractivity contribution in [1.29, 1.82) is 0 Å². The SMILES string of the molecule is Nc1cccc(CSc2ccccc2)c1C(=O)O. The van der Waals surface area contributed by atoms with E-state index in [-0.39, 0.29) is 5.56 Å². The normalized spacial score (nSPS) is 10.2. The predicted molar refractivity (Wildman–Crippen MR) is 73.8 cm³/mol. The molecular formula is C14H13NO2S. The Morgan fingerprint density at radius 2 is 1.83 bits per heavy atom. The Bertz CT molecular complexity index is 555. The minimum atomic E-state index is -0.975. The van der Waals surface area contributed by atoms with Gasteiger partial charge in [0.25, 0.3) is 0 Å². The lowest BCUT2D eigenvalue weighted by Crippen LogP contribution is -2.06. The van der Waals surface area contributed by atoms with Crippen LogP contribution in [0.15, 0.2) is 53.4 Å². The van der Waals surface area contributed by atoms with Crippen molar-refractivity contribution in [2.75, 3.05) is 5.73 Å². The van der Waals surface area contributed by atoms with Crippen LogP contribution in [0, 0.1) is 0 Å². The predicted octanol–water partition coefficient (Wildman–Crippen LogP) is 3.26. The van der Waals surface area contributed by atoms with E-state index < -0.39 is 5.97 Å². The first-order chi connectivity index (χ1) is 8.68. The number of benzene rings is 2. The van der Waals surface area contributed by atoms with Gasteiger partial charge in [0.15, 0.2) is 0 Å². The van der Waals surface area contributed by atoms with Crippen molar-refractivity contribution in [2.45, 2.75) is 10.6 Å². The molecule has 0 aliphatic heterocycles. The molecule has 0 fully saturated rings. The van der Waals surface area contributed by atoms with Crippen molar-refractivity contribution in [1.82, 2.24) is 0 Å². The van der Waals surface area contributed by atoms with Gasteiger partial charge in [-0.2, -0.15) is 0 Å². The van der Waals surface area contributed by atoms with Crippen LogP contribution in [-0.2, 0) is 5.75 Å². The molecule has 0 bridgehead atoms. The quantitative estimate of drug-likeness (QED) is 0.653. The van der Waals surface area contributed by atoms with Crippen molar-refractivity contribution in [2.24, 2.45) is 0 Å². The molecule has 0 radical (unpaired) electrons. The van der Waals surface area contributed by atoms with Gasteiger partial charge in [0.2, 0.25) is 0 Å². The molecule has 0 atom stereocenters. The van der Waals surface area contributed by atoms with Gasteiger partial charge in [0, 0.05) is 16.3 Å². The van der Waals surface area contributed by atoms with Gasteiger partial charge in [-0.05, 0) is 23.8 Å². The van der Waals surface area contributed by atoms with E-state index in [0.29, 0.717) is 11.4 Å². The molecular weight excluding hydrogens is 246 g/mol. The summed E-state index contributed by atoms with van der Waals surface area (Å²) in [6, 6.07) is 15.1. The fraction of sp³-hybridized carbons (Fsp3) is 0.0714. The third-order valence-electron chi connectivity index (χ3n) is 2.53. The van der Waals surface area contributed by atoms with Gasteiger partial charge in [0.1, 0.15) is 0 Å². The van der Waals surface area contributed by atoms with Crippen molar-refractivity contribution in [3.05, 3.63) is 59.7 Å². The van der Waals surface area contributed by atoms with Crippen molar-refractivity contribution >= 4 is 23.4 Å². The van der Waals surface area contributed by atoms with E-state index in [1.807, 2.05) is 30.3 Å². The maximum absolute atomic E-state index is 11.2. The Hall–Kier alpha value is -1.94. The van der Waals surface area contributed by atoms with Crippen molar-refractivity contribution < 1.29 is 9.90 Å². The van der Waals surface area contributed by atoms with Gasteiger partial charge < -0.3 is 10.8 Å². The molecule has 0 aromatic heterocycles. The van der Waals surface area contributed by atoms with Crippen LogP contribution in [0.3, 0.4) is 0 Å². The number of nitrogen functional groups attached to an aromatic ring is 1. The molecule has 2 aromatic carbocycles. The molecule has 2 rings (SSSR count). The van der Waals surface area contributed by atoms with Crippen LogP contribution in [0.2, 0.25) is 0 Å². The van der Waals surface area contributed by atoms with Gasteiger partial charge >= 0.3 is 5.97 Å². The minimum absolute atomic E-state index is 0.209. The van der Waals surface area contributed by atoms with Gasteiger partial charge in [-0.25, -0.2) is 4.79 Å². The lowest BCUT2D eigenvalue weighted by Gasteiger charge is -2.08. The summed E-state index contributed by atoms with van der Waals surface area (Å²) in [5, 5.41) is 9.15. The highest BCUT2D eigenvalue weighted by Gasteiger charge is 2.13. The van der Waals surface area contributed by atoms with E-state index in [1.165, 1.54) is 0 Å². The Labute approximate surface area is 110 Å². The van der Waals surface area contributed by atoms with Crippen LogP contribution in [0.1, 0.15) is 15.9 Å². The Morgan fingerprint density at radius 3 is 2.50 bits per heavy atom. The van der Waals surface area contributed by atoms with E-state index in [0.717, 1.165) is 10.5 Å². The van der Waals surface area contributed by atoms with E-state index in [1.54, 1.807) is 30.0 Å².